The molecule has 182 valence electrons. The van der Waals surface area contributed by atoms with Crippen LogP contribution >= 0.6 is 11.6 Å². The number of nitrogens with zero attached hydrogens (tertiary/aromatic N) is 2. The number of methoxy groups -OCH3 is 1. The summed E-state index contributed by atoms with van der Waals surface area (Å²) in [7, 11) is -1.04. The molecule has 0 bridgehead atoms. The number of amides is 1. The van der Waals surface area contributed by atoms with Crippen molar-refractivity contribution in [3.05, 3.63) is 83.4 Å². The maximum Gasteiger partial charge on any atom is 0.348 e. The van der Waals surface area contributed by atoms with Crippen LogP contribution in [0.15, 0.2) is 77.7 Å². The van der Waals surface area contributed by atoms with Gasteiger partial charge in [-0.25, -0.2) is 13.2 Å². The normalized spacial score (nSPS) is 15.1. The predicted octanol–water partition coefficient (Wildman–Crippen LogP) is 3.67. The number of anilines is 2. The zero-order chi connectivity index (χ0) is 25.2. The van der Waals surface area contributed by atoms with Gasteiger partial charge >= 0.3 is 5.97 Å². The van der Waals surface area contributed by atoms with E-state index in [1.165, 1.54) is 47.6 Å². The Hall–Kier alpha value is -3.56. The highest BCUT2D eigenvalue weighted by atomic mass is 35.5. The Bertz CT molecular complexity index is 1340. The van der Waals surface area contributed by atoms with Crippen molar-refractivity contribution < 1.29 is 27.5 Å². The molecule has 0 saturated carbocycles. The van der Waals surface area contributed by atoms with Crippen LogP contribution in [0.1, 0.15) is 5.56 Å². The molecule has 0 aromatic heterocycles. The molecular formula is C25H23ClN2O6S. The van der Waals surface area contributed by atoms with Gasteiger partial charge in [-0.3, -0.25) is 9.10 Å². The minimum atomic E-state index is -3.77. The SMILES string of the molecule is COC(=O)[C@H]1CN(C(=O)Cc2ccc(N(C)S(=O)(=O)c3ccc(Cl)cc3)cc2)c2ccccc2O1. The molecule has 3 aromatic rings. The second-order valence-electron chi connectivity index (χ2n) is 7.87. The van der Waals surface area contributed by atoms with E-state index >= 15 is 0 Å². The Labute approximate surface area is 208 Å². The van der Waals surface area contributed by atoms with E-state index in [1.807, 2.05) is 0 Å². The molecule has 1 amide bonds. The molecule has 0 fully saturated rings. The van der Waals surface area contributed by atoms with E-state index < -0.39 is 22.1 Å². The van der Waals surface area contributed by atoms with Crippen molar-refractivity contribution in [2.24, 2.45) is 0 Å². The summed E-state index contributed by atoms with van der Waals surface area (Å²) in [5, 5.41) is 0.446. The summed E-state index contributed by atoms with van der Waals surface area (Å²) in [4.78, 5) is 26.9. The highest BCUT2D eigenvalue weighted by molar-refractivity contribution is 7.92. The van der Waals surface area contributed by atoms with E-state index in [1.54, 1.807) is 48.5 Å². The van der Waals surface area contributed by atoms with Crippen molar-refractivity contribution in [3.63, 3.8) is 0 Å². The van der Waals surface area contributed by atoms with Crippen LogP contribution in [0, 0.1) is 0 Å². The monoisotopic (exact) mass is 514 g/mol. The van der Waals surface area contributed by atoms with Crippen LogP contribution in [-0.4, -0.2) is 47.1 Å². The predicted molar refractivity (Wildman–Crippen MR) is 132 cm³/mol. The number of hydrogen-bond acceptors (Lipinski definition) is 6. The topological polar surface area (TPSA) is 93.2 Å². The number of para-hydroxylation sites is 2. The van der Waals surface area contributed by atoms with E-state index in [4.69, 9.17) is 21.1 Å². The zero-order valence-corrected chi connectivity index (χ0v) is 20.6. The van der Waals surface area contributed by atoms with Gasteiger partial charge in [0.2, 0.25) is 12.0 Å². The van der Waals surface area contributed by atoms with Crippen LogP contribution in [0.3, 0.4) is 0 Å². The van der Waals surface area contributed by atoms with Gasteiger partial charge in [0.1, 0.15) is 5.75 Å². The third kappa shape index (κ3) is 5.11. The van der Waals surface area contributed by atoms with Gasteiger partial charge in [-0.2, -0.15) is 0 Å². The van der Waals surface area contributed by atoms with E-state index in [2.05, 4.69) is 0 Å². The third-order valence-electron chi connectivity index (χ3n) is 5.67. The quantitative estimate of drug-likeness (QED) is 0.466. The maximum absolute atomic E-state index is 13.2. The number of sulfonamides is 1. The van der Waals surface area contributed by atoms with Crippen molar-refractivity contribution in [3.8, 4) is 5.75 Å². The van der Waals surface area contributed by atoms with E-state index in [0.29, 0.717) is 27.7 Å². The lowest BCUT2D eigenvalue weighted by Crippen LogP contribution is -2.48. The molecule has 1 heterocycles. The smallest absolute Gasteiger partial charge is 0.348 e. The highest BCUT2D eigenvalue weighted by Crippen LogP contribution is 2.34. The van der Waals surface area contributed by atoms with Crippen molar-refractivity contribution in [2.75, 3.05) is 29.9 Å². The number of carbonyl (C=O) groups is 2. The number of ether oxygens (including phenoxy) is 2. The summed E-state index contributed by atoms with van der Waals surface area (Å²) < 4.78 is 37.5. The first-order chi connectivity index (χ1) is 16.7. The Kier molecular flexibility index (Phi) is 7.00. The second-order valence-corrected chi connectivity index (χ2v) is 10.3. The van der Waals surface area contributed by atoms with Crippen LogP contribution in [0.2, 0.25) is 5.02 Å². The minimum Gasteiger partial charge on any atom is -0.475 e. The molecule has 0 aliphatic carbocycles. The van der Waals surface area contributed by atoms with E-state index in [0.717, 1.165) is 0 Å². The molecule has 0 radical (unpaired) electrons. The Morgan fingerprint density at radius 3 is 2.37 bits per heavy atom. The molecule has 0 spiro atoms. The first-order valence-electron chi connectivity index (χ1n) is 10.7. The second kappa shape index (κ2) is 9.97. The molecular weight excluding hydrogens is 492 g/mol. The number of fused-ring (bicyclic) bond motifs is 1. The lowest BCUT2D eigenvalue weighted by molar-refractivity contribution is -0.148. The van der Waals surface area contributed by atoms with Crippen molar-refractivity contribution in [2.45, 2.75) is 17.4 Å². The molecule has 0 N–H and O–H groups in total. The van der Waals surface area contributed by atoms with Crippen LogP contribution in [-0.2, 0) is 30.8 Å². The molecule has 35 heavy (non-hydrogen) atoms. The third-order valence-corrected chi connectivity index (χ3v) is 7.72. The summed E-state index contributed by atoms with van der Waals surface area (Å²) >= 11 is 5.86. The zero-order valence-electron chi connectivity index (χ0n) is 19.0. The summed E-state index contributed by atoms with van der Waals surface area (Å²) in [6, 6.07) is 19.6. The summed E-state index contributed by atoms with van der Waals surface area (Å²) in [6.45, 7) is 0.0304. The lowest BCUT2D eigenvalue weighted by Gasteiger charge is -2.33. The lowest BCUT2D eigenvalue weighted by atomic mass is 10.1. The van der Waals surface area contributed by atoms with Gasteiger partial charge in [-0.15, -0.1) is 0 Å². The first-order valence-corrected chi connectivity index (χ1v) is 12.5. The van der Waals surface area contributed by atoms with Gasteiger partial charge in [0.15, 0.2) is 0 Å². The van der Waals surface area contributed by atoms with Gasteiger partial charge < -0.3 is 14.4 Å². The van der Waals surface area contributed by atoms with Gasteiger partial charge in [0.05, 0.1) is 36.3 Å². The summed E-state index contributed by atoms with van der Waals surface area (Å²) in [5.74, 6) is -0.372. The van der Waals surface area contributed by atoms with Crippen LogP contribution in [0.4, 0.5) is 11.4 Å². The number of hydrogen-bond donors (Lipinski definition) is 0. The number of benzene rings is 3. The Morgan fingerprint density at radius 1 is 1.06 bits per heavy atom. The maximum atomic E-state index is 13.2. The van der Waals surface area contributed by atoms with Crippen molar-refractivity contribution >= 4 is 44.9 Å². The average Bonchev–Trinajstić information content (AvgIpc) is 2.87. The van der Waals surface area contributed by atoms with Gasteiger partial charge in [0, 0.05) is 12.1 Å². The number of carbonyl (C=O) groups excluding carboxylic acids is 2. The molecule has 0 unspecified atom stereocenters. The average molecular weight is 515 g/mol. The molecule has 1 aliphatic heterocycles. The number of rotatable bonds is 6. The van der Waals surface area contributed by atoms with Gasteiger partial charge in [-0.1, -0.05) is 35.9 Å². The number of halogens is 1. The highest BCUT2D eigenvalue weighted by Gasteiger charge is 2.34. The summed E-state index contributed by atoms with van der Waals surface area (Å²) in [5.41, 5.74) is 1.70. The molecule has 8 nitrogen and oxygen atoms in total. The molecule has 1 atom stereocenters. The fourth-order valence-electron chi connectivity index (χ4n) is 3.72. The fourth-order valence-corrected chi connectivity index (χ4v) is 5.04. The van der Waals surface area contributed by atoms with Crippen molar-refractivity contribution in [1.29, 1.82) is 0 Å². The first kappa shape index (κ1) is 24.6. The number of esters is 1. The van der Waals surface area contributed by atoms with Crippen LogP contribution in [0.25, 0.3) is 0 Å². The van der Waals surface area contributed by atoms with Crippen LogP contribution < -0.4 is 13.9 Å². The van der Waals surface area contributed by atoms with Crippen LogP contribution in [0.5, 0.6) is 5.75 Å². The fraction of sp³-hybridized carbons (Fsp3) is 0.200. The molecule has 0 saturated heterocycles. The minimum absolute atomic E-state index is 0.0304. The molecule has 4 rings (SSSR count). The Morgan fingerprint density at radius 2 is 1.71 bits per heavy atom. The van der Waals surface area contributed by atoms with Gasteiger partial charge in [0.25, 0.3) is 10.0 Å². The summed E-state index contributed by atoms with van der Waals surface area (Å²) in [6.07, 6.45) is -0.871. The Balaban J connectivity index is 1.51. The van der Waals surface area contributed by atoms with Gasteiger partial charge in [-0.05, 0) is 54.1 Å². The van der Waals surface area contributed by atoms with Crippen molar-refractivity contribution in [1.82, 2.24) is 0 Å². The largest absolute Gasteiger partial charge is 0.475 e. The standard InChI is InChI=1S/C25H23ClN2O6S/c1-27(35(31,32)20-13-9-18(26)10-14-20)19-11-7-17(8-12-19)15-24(29)28-16-23(25(30)33-2)34-22-6-4-3-5-21(22)28/h3-14,23H,15-16H2,1-2H3/t23-/m1/s1. The molecule has 1 aliphatic rings. The molecule has 3 aromatic carbocycles. The van der Waals surface area contributed by atoms with E-state index in [-0.39, 0.29) is 23.8 Å². The molecule has 10 heteroatoms. The van der Waals surface area contributed by atoms with E-state index in [9.17, 15) is 18.0 Å².